The lowest BCUT2D eigenvalue weighted by atomic mass is 10.2. The van der Waals surface area contributed by atoms with E-state index < -0.39 is 6.10 Å². The second kappa shape index (κ2) is 6.78. The van der Waals surface area contributed by atoms with E-state index in [1.807, 2.05) is 39.0 Å². The van der Waals surface area contributed by atoms with Crippen LogP contribution in [0.15, 0.2) is 18.2 Å². The largest absolute Gasteiger partial charge is 0.388 e. The van der Waals surface area contributed by atoms with Gasteiger partial charge >= 0.3 is 6.03 Å². The van der Waals surface area contributed by atoms with Gasteiger partial charge in [0.25, 0.3) is 0 Å². The minimum atomic E-state index is -0.646. The van der Waals surface area contributed by atoms with E-state index in [2.05, 4.69) is 15.3 Å². The SMILES string of the molecule is Cc1cccc2[nH]c(CNC(=O)N3C[C@H](OC(C)C)[C@@H](O)C3)nc12. The lowest BCUT2D eigenvalue weighted by Crippen LogP contribution is -2.39. The fourth-order valence-corrected chi connectivity index (χ4v) is 2.99. The van der Waals surface area contributed by atoms with Crippen LogP contribution in [0.4, 0.5) is 4.79 Å². The van der Waals surface area contributed by atoms with Crippen LogP contribution in [0.3, 0.4) is 0 Å². The van der Waals surface area contributed by atoms with Crippen molar-refractivity contribution in [2.45, 2.75) is 45.6 Å². The van der Waals surface area contributed by atoms with Crippen molar-refractivity contribution < 1.29 is 14.6 Å². The molecule has 1 fully saturated rings. The number of aliphatic hydroxyl groups is 1. The molecule has 0 spiro atoms. The maximum atomic E-state index is 12.3. The number of imidazole rings is 1. The van der Waals surface area contributed by atoms with E-state index in [0.717, 1.165) is 16.6 Å². The molecule has 2 amide bonds. The summed E-state index contributed by atoms with van der Waals surface area (Å²) in [5, 5.41) is 12.8. The summed E-state index contributed by atoms with van der Waals surface area (Å²) in [6.45, 7) is 6.83. The van der Waals surface area contributed by atoms with E-state index in [0.29, 0.717) is 18.9 Å². The van der Waals surface area contributed by atoms with Crippen molar-refractivity contribution in [2.75, 3.05) is 13.1 Å². The molecule has 0 bridgehead atoms. The molecule has 1 saturated heterocycles. The van der Waals surface area contributed by atoms with Crippen LogP contribution in [0.1, 0.15) is 25.2 Å². The van der Waals surface area contributed by atoms with Gasteiger partial charge in [0.1, 0.15) is 11.9 Å². The molecule has 0 radical (unpaired) electrons. The van der Waals surface area contributed by atoms with Crippen LogP contribution in [0, 0.1) is 6.92 Å². The third kappa shape index (κ3) is 3.52. The minimum absolute atomic E-state index is 0.0199. The fraction of sp³-hybridized carbons (Fsp3) is 0.529. The van der Waals surface area contributed by atoms with Crippen LogP contribution in [0.25, 0.3) is 11.0 Å². The number of benzene rings is 1. The average Bonchev–Trinajstić information content (AvgIpc) is 3.09. The Morgan fingerprint density at radius 1 is 1.50 bits per heavy atom. The number of hydrogen-bond donors (Lipinski definition) is 3. The van der Waals surface area contributed by atoms with Crippen molar-refractivity contribution in [2.24, 2.45) is 0 Å². The zero-order chi connectivity index (χ0) is 17.3. The molecule has 7 heteroatoms. The number of fused-ring (bicyclic) bond motifs is 1. The molecule has 1 aliphatic heterocycles. The van der Waals surface area contributed by atoms with Crippen molar-refractivity contribution in [1.82, 2.24) is 20.2 Å². The van der Waals surface area contributed by atoms with E-state index in [4.69, 9.17) is 4.74 Å². The first-order chi connectivity index (χ1) is 11.4. The molecule has 24 heavy (non-hydrogen) atoms. The standard InChI is InChI=1S/C17H24N4O3/c1-10(2)24-14-9-21(8-13(14)22)17(23)18-7-15-19-12-6-4-5-11(3)16(12)20-15/h4-6,10,13-14,22H,7-9H2,1-3H3,(H,18,23)(H,19,20)/t13-,14-/m0/s1. The molecule has 0 aliphatic carbocycles. The van der Waals surface area contributed by atoms with Gasteiger partial charge in [-0.2, -0.15) is 0 Å². The number of aliphatic hydroxyl groups excluding tert-OH is 1. The highest BCUT2D eigenvalue weighted by Gasteiger charge is 2.35. The number of nitrogens with one attached hydrogen (secondary N) is 2. The highest BCUT2D eigenvalue weighted by atomic mass is 16.5. The number of ether oxygens (including phenoxy) is 1. The lowest BCUT2D eigenvalue weighted by molar-refractivity contribution is -0.0393. The highest BCUT2D eigenvalue weighted by molar-refractivity contribution is 5.79. The quantitative estimate of drug-likeness (QED) is 0.792. The molecule has 1 aliphatic rings. The molecule has 2 heterocycles. The van der Waals surface area contributed by atoms with Crippen LogP contribution in [-0.2, 0) is 11.3 Å². The van der Waals surface area contributed by atoms with Crippen molar-refractivity contribution in [1.29, 1.82) is 0 Å². The maximum Gasteiger partial charge on any atom is 0.317 e. The van der Waals surface area contributed by atoms with Gasteiger partial charge in [0.2, 0.25) is 0 Å². The molecule has 3 rings (SSSR count). The molecule has 1 aromatic carbocycles. The zero-order valence-electron chi connectivity index (χ0n) is 14.2. The first-order valence-electron chi connectivity index (χ1n) is 8.24. The number of urea groups is 1. The number of H-pyrrole nitrogens is 1. The van der Waals surface area contributed by atoms with Gasteiger partial charge in [-0.25, -0.2) is 9.78 Å². The smallest absolute Gasteiger partial charge is 0.317 e. The number of aromatic nitrogens is 2. The number of likely N-dealkylation sites (tertiary alicyclic amines) is 1. The normalized spacial score (nSPS) is 21.0. The summed E-state index contributed by atoms with van der Waals surface area (Å²) < 4.78 is 5.63. The molecule has 2 atom stereocenters. The Morgan fingerprint density at radius 2 is 2.29 bits per heavy atom. The van der Waals surface area contributed by atoms with Gasteiger partial charge in [-0.3, -0.25) is 0 Å². The molecule has 0 saturated carbocycles. The molecule has 3 N–H and O–H groups in total. The van der Waals surface area contributed by atoms with Gasteiger partial charge in [0, 0.05) is 0 Å². The van der Waals surface area contributed by atoms with Gasteiger partial charge < -0.3 is 25.0 Å². The van der Waals surface area contributed by atoms with E-state index in [1.165, 1.54) is 0 Å². The minimum Gasteiger partial charge on any atom is -0.388 e. The molecule has 130 valence electrons. The summed E-state index contributed by atoms with van der Waals surface area (Å²) in [6, 6.07) is 5.72. The predicted octanol–water partition coefficient (Wildman–Crippen LogP) is 1.55. The summed E-state index contributed by atoms with van der Waals surface area (Å²) in [6.07, 6.45) is -0.956. The number of amides is 2. The van der Waals surface area contributed by atoms with Crippen molar-refractivity contribution >= 4 is 17.1 Å². The summed E-state index contributed by atoms with van der Waals surface area (Å²) in [5.41, 5.74) is 2.97. The Hall–Kier alpha value is -2.12. The van der Waals surface area contributed by atoms with E-state index in [1.54, 1.807) is 4.90 Å². The summed E-state index contributed by atoms with van der Waals surface area (Å²) >= 11 is 0. The van der Waals surface area contributed by atoms with Crippen molar-refractivity contribution in [3.05, 3.63) is 29.6 Å². The van der Waals surface area contributed by atoms with Crippen LogP contribution >= 0.6 is 0 Å². The number of β-amino-alcohol motifs (C(OH)–C–C–N with tert-alkyl or cyclic N) is 1. The topological polar surface area (TPSA) is 90.5 Å². The van der Waals surface area contributed by atoms with Gasteiger partial charge in [-0.15, -0.1) is 0 Å². The second-order valence-electron chi connectivity index (χ2n) is 6.51. The number of para-hydroxylation sites is 1. The Bertz CT molecular complexity index is 728. The summed E-state index contributed by atoms with van der Waals surface area (Å²) in [7, 11) is 0. The third-order valence-corrected chi connectivity index (χ3v) is 4.14. The number of rotatable bonds is 4. The summed E-state index contributed by atoms with van der Waals surface area (Å²) in [5.74, 6) is 0.711. The molecule has 7 nitrogen and oxygen atoms in total. The number of carbonyl (C=O) groups excluding carboxylic acids is 1. The summed E-state index contributed by atoms with van der Waals surface area (Å²) in [4.78, 5) is 21.6. The number of nitrogens with zero attached hydrogens (tertiary/aromatic N) is 2. The van der Waals surface area contributed by atoms with Crippen molar-refractivity contribution in [3.8, 4) is 0 Å². The molecule has 0 unspecified atom stereocenters. The van der Waals surface area contributed by atoms with Crippen LogP contribution in [-0.4, -0.2) is 57.4 Å². The van der Waals surface area contributed by atoms with Gasteiger partial charge in [-0.05, 0) is 32.4 Å². The Balaban J connectivity index is 1.58. The number of aryl methyl sites for hydroxylation is 1. The van der Waals surface area contributed by atoms with Crippen molar-refractivity contribution in [3.63, 3.8) is 0 Å². The maximum absolute atomic E-state index is 12.3. The molecule has 1 aromatic heterocycles. The van der Waals surface area contributed by atoms with Crippen LogP contribution in [0.5, 0.6) is 0 Å². The fourth-order valence-electron chi connectivity index (χ4n) is 2.99. The van der Waals surface area contributed by atoms with Crippen LogP contribution < -0.4 is 5.32 Å². The monoisotopic (exact) mass is 332 g/mol. The van der Waals surface area contributed by atoms with Gasteiger partial charge in [-0.1, -0.05) is 12.1 Å². The Morgan fingerprint density at radius 3 is 3.00 bits per heavy atom. The van der Waals surface area contributed by atoms with Gasteiger partial charge in [0.15, 0.2) is 0 Å². The Labute approximate surface area is 141 Å². The van der Waals surface area contributed by atoms with Gasteiger partial charge in [0.05, 0.1) is 42.9 Å². The number of carbonyl (C=O) groups is 1. The number of aromatic amines is 1. The van der Waals surface area contributed by atoms with E-state index >= 15 is 0 Å². The first-order valence-corrected chi connectivity index (χ1v) is 8.24. The molecular weight excluding hydrogens is 308 g/mol. The number of hydrogen-bond acceptors (Lipinski definition) is 4. The molecule has 2 aromatic rings. The first kappa shape index (κ1) is 16.7. The van der Waals surface area contributed by atoms with Crippen LogP contribution in [0.2, 0.25) is 0 Å². The van der Waals surface area contributed by atoms with E-state index in [9.17, 15) is 9.90 Å². The highest BCUT2D eigenvalue weighted by Crippen LogP contribution is 2.17. The zero-order valence-corrected chi connectivity index (χ0v) is 14.2. The predicted molar refractivity (Wildman–Crippen MR) is 90.7 cm³/mol. The lowest BCUT2D eigenvalue weighted by Gasteiger charge is -2.18. The second-order valence-corrected chi connectivity index (χ2v) is 6.51. The van der Waals surface area contributed by atoms with E-state index in [-0.39, 0.29) is 24.8 Å². The third-order valence-electron chi connectivity index (χ3n) is 4.14. The Kier molecular flexibility index (Phi) is 4.73. The molecular formula is C17H24N4O3. The average molecular weight is 332 g/mol.